The van der Waals surface area contributed by atoms with Gasteiger partial charge in [0.05, 0.1) is 11.4 Å². The normalized spacial score (nSPS) is 11.9. The van der Waals surface area contributed by atoms with Crippen molar-refractivity contribution in [2.24, 2.45) is 0 Å². The summed E-state index contributed by atoms with van der Waals surface area (Å²) in [5, 5.41) is 5.68. The van der Waals surface area contributed by atoms with Crippen molar-refractivity contribution in [1.82, 2.24) is 9.62 Å². The van der Waals surface area contributed by atoms with Crippen LogP contribution in [0.15, 0.2) is 30.3 Å². The summed E-state index contributed by atoms with van der Waals surface area (Å²) in [6, 6.07) is 6.34. The van der Waals surface area contributed by atoms with E-state index in [-0.39, 0.29) is 30.5 Å². The molecule has 0 unspecified atom stereocenters. The van der Waals surface area contributed by atoms with Crippen molar-refractivity contribution in [2.75, 3.05) is 29.7 Å². The number of anilines is 3. The molecule has 2 aromatic rings. The maximum Gasteiger partial charge on any atom is 0.301 e. The first-order valence-electron chi connectivity index (χ1n) is 9.76. The summed E-state index contributed by atoms with van der Waals surface area (Å²) in [6.07, 6.45) is 0.573. The Hall–Kier alpha value is -1.57. The molecule has 31 heavy (non-hydrogen) atoms. The summed E-state index contributed by atoms with van der Waals surface area (Å²) < 4.78 is 72.4. The molecule has 0 aliphatic carbocycles. The Labute approximate surface area is 194 Å². The second-order valence-corrected chi connectivity index (χ2v) is 10.0. The van der Waals surface area contributed by atoms with Gasteiger partial charge in [0.2, 0.25) is 0 Å². The number of nitrogens with zero attached hydrogens (tertiary/aromatic N) is 1. The van der Waals surface area contributed by atoms with Crippen LogP contribution in [0.5, 0.6) is 0 Å². The van der Waals surface area contributed by atoms with Gasteiger partial charge in [-0.1, -0.05) is 20.8 Å². The van der Waals surface area contributed by atoms with Crippen LogP contribution in [-0.4, -0.2) is 38.4 Å². The second kappa shape index (κ2) is 11.3. The SMILES string of the molecule is CCN(CCCNC(C)C)S(=O)(=O)Nc1ccc(F)c(F)c1Nc1ccc(I)cc1F. The van der Waals surface area contributed by atoms with E-state index in [0.717, 1.165) is 12.1 Å². The first-order chi connectivity index (χ1) is 14.5. The molecule has 0 saturated heterocycles. The molecule has 3 N–H and O–H groups in total. The van der Waals surface area contributed by atoms with Crippen molar-refractivity contribution in [2.45, 2.75) is 33.2 Å². The number of hydrogen-bond acceptors (Lipinski definition) is 4. The Kier molecular flexibility index (Phi) is 9.40. The largest absolute Gasteiger partial charge is 0.349 e. The lowest BCUT2D eigenvalue weighted by Gasteiger charge is -2.23. The van der Waals surface area contributed by atoms with Gasteiger partial charge in [0.25, 0.3) is 0 Å². The number of halogens is 4. The molecular weight excluding hydrogens is 544 g/mol. The topological polar surface area (TPSA) is 73.5 Å². The molecule has 0 bridgehead atoms. The fourth-order valence-electron chi connectivity index (χ4n) is 2.78. The van der Waals surface area contributed by atoms with Gasteiger partial charge < -0.3 is 10.6 Å². The minimum atomic E-state index is -4.06. The molecule has 0 aromatic heterocycles. The van der Waals surface area contributed by atoms with Gasteiger partial charge in [-0.2, -0.15) is 12.7 Å². The maximum atomic E-state index is 14.5. The van der Waals surface area contributed by atoms with E-state index in [9.17, 15) is 21.6 Å². The summed E-state index contributed by atoms with van der Waals surface area (Å²) in [7, 11) is -4.06. The van der Waals surface area contributed by atoms with Gasteiger partial charge in [-0.15, -0.1) is 0 Å². The summed E-state index contributed by atoms with van der Waals surface area (Å²) in [6.45, 7) is 6.72. The van der Waals surface area contributed by atoms with Crippen molar-refractivity contribution < 1.29 is 21.6 Å². The third-order valence-corrected chi connectivity index (χ3v) is 6.62. The zero-order valence-corrected chi connectivity index (χ0v) is 20.5. The minimum Gasteiger partial charge on any atom is -0.349 e. The molecule has 2 rings (SSSR count). The van der Waals surface area contributed by atoms with Crippen molar-refractivity contribution in [3.05, 3.63) is 51.4 Å². The van der Waals surface area contributed by atoms with Gasteiger partial charge in [0.1, 0.15) is 11.5 Å². The van der Waals surface area contributed by atoms with Gasteiger partial charge in [-0.05, 0) is 65.9 Å². The quantitative estimate of drug-likeness (QED) is 0.268. The summed E-state index contributed by atoms with van der Waals surface area (Å²) in [4.78, 5) is 0. The lowest BCUT2D eigenvalue weighted by atomic mass is 10.2. The van der Waals surface area contributed by atoms with E-state index in [2.05, 4.69) is 15.4 Å². The smallest absolute Gasteiger partial charge is 0.301 e. The van der Waals surface area contributed by atoms with Crippen LogP contribution in [0, 0.1) is 21.0 Å². The van der Waals surface area contributed by atoms with Crippen molar-refractivity contribution in [3.8, 4) is 0 Å². The van der Waals surface area contributed by atoms with Gasteiger partial charge in [-0.25, -0.2) is 13.2 Å². The van der Waals surface area contributed by atoms with Crippen LogP contribution < -0.4 is 15.4 Å². The molecule has 0 radical (unpaired) electrons. The Balaban J connectivity index is 2.27. The van der Waals surface area contributed by atoms with Crippen molar-refractivity contribution >= 4 is 49.9 Å². The molecule has 11 heteroatoms. The molecular formula is C20H26F3IN4O2S. The van der Waals surface area contributed by atoms with Gasteiger partial charge in [-0.3, -0.25) is 4.72 Å². The van der Waals surface area contributed by atoms with E-state index >= 15 is 0 Å². The molecule has 0 saturated carbocycles. The van der Waals surface area contributed by atoms with Crippen LogP contribution in [0.3, 0.4) is 0 Å². The zero-order valence-electron chi connectivity index (χ0n) is 17.5. The molecule has 2 aromatic carbocycles. The zero-order chi connectivity index (χ0) is 23.2. The molecule has 0 heterocycles. The summed E-state index contributed by atoms with van der Waals surface area (Å²) in [5.74, 6) is -3.19. The lowest BCUT2D eigenvalue weighted by Crippen LogP contribution is -2.38. The highest BCUT2D eigenvalue weighted by atomic mass is 127. The van der Waals surface area contributed by atoms with Crippen LogP contribution in [0.25, 0.3) is 0 Å². The number of nitrogens with one attached hydrogen (secondary N) is 3. The standard InChI is InChI=1S/C20H26F3IN4O2S/c1-4-28(11-5-10-25-13(2)3)31(29,30)27-18-9-7-15(21)19(23)20(18)26-17-8-6-14(24)12-16(17)22/h6-9,12-13,25-27H,4-5,10-11H2,1-3H3. The highest BCUT2D eigenvalue weighted by Gasteiger charge is 2.24. The Morgan fingerprint density at radius 1 is 1.06 bits per heavy atom. The van der Waals surface area contributed by atoms with Gasteiger partial charge in [0.15, 0.2) is 11.6 Å². The number of benzene rings is 2. The van der Waals surface area contributed by atoms with Gasteiger partial charge in [0, 0.05) is 22.7 Å². The molecule has 0 amide bonds. The predicted octanol–water partition coefficient (Wildman–Crippen LogP) is 4.82. The van der Waals surface area contributed by atoms with Crippen molar-refractivity contribution in [3.63, 3.8) is 0 Å². The highest BCUT2D eigenvalue weighted by Crippen LogP contribution is 2.32. The summed E-state index contributed by atoms with van der Waals surface area (Å²) in [5.41, 5.74) is -0.839. The van der Waals surface area contributed by atoms with Crippen LogP contribution >= 0.6 is 22.6 Å². The molecule has 0 aliphatic heterocycles. The number of hydrogen-bond donors (Lipinski definition) is 3. The fraction of sp³-hybridized carbons (Fsp3) is 0.400. The third kappa shape index (κ3) is 7.22. The number of rotatable bonds is 11. The molecule has 0 fully saturated rings. The van der Waals surface area contributed by atoms with E-state index in [1.165, 1.54) is 16.4 Å². The van der Waals surface area contributed by atoms with E-state index < -0.39 is 33.3 Å². The maximum absolute atomic E-state index is 14.5. The van der Waals surface area contributed by atoms with Crippen LogP contribution in [-0.2, 0) is 10.2 Å². The van der Waals surface area contributed by atoms with E-state index in [1.807, 2.05) is 36.4 Å². The molecule has 172 valence electrons. The Morgan fingerprint density at radius 3 is 2.35 bits per heavy atom. The summed E-state index contributed by atoms with van der Waals surface area (Å²) >= 11 is 1.91. The van der Waals surface area contributed by atoms with E-state index in [1.54, 1.807) is 13.0 Å². The Morgan fingerprint density at radius 2 is 1.74 bits per heavy atom. The average molecular weight is 570 g/mol. The van der Waals surface area contributed by atoms with Crippen LogP contribution in [0.2, 0.25) is 0 Å². The molecule has 6 nitrogen and oxygen atoms in total. The Bertz CT molecular complexity index is 1010. The molecule has 0 atom stereocenters. The first-order valence-corrected chi connectivity index (χ1v) is 12.3. The van der Waals surface area contributed by atoms with E-state index in [0.29, 0.717) is 16.5 Å². The third-order valence-electron chi connectivity index (χ3n) is 4.35. The highest BCUT2D eigenvalue weighted by molar-refractivity contribution is 14.1. The predicted molar refractivity (Wildman–Crippen MR) is 126 cm³/mol. The fourth-order valence-corrected chi connectivity index (χ4v) is 4.52. The minimum absolute atomic E-state index is 0.113. The molecule has 0 aliphatic rings. The molecule has 0 spiro atoms. The van der Waals surface area contributed by atoms with E-state index in [4.69, 9.17) is 0 Å². The van der Waals surface area contributed by atoms with Crippen molar-refractivity contribution in [1.29, 1.82) is 0 Å². The monoisotopic (exact) mass is 570 g/mol. The second-order valence-electron chi connectivity index (χ2n) is 7.09. The van der Waals surface area contributed by atoms with Gasteiger partial charge >= 0.3 is 10.2 Å². The van der Waals surface area contributed by atoms with Crippen LogP contribution in [0.4, 0.5) is 30.2 Å². The lowest BCUT2D eigenvalue weighted by molar-refractivity contribution is 0.414. The average Bonchev–Trinajstić information content (AvgIpc) is 2.68. The first kappa shape index (κ1) is 25.7. The van der Waals surface area contributed by atoms with Crippen LogP contribution in [0.1, 0.15) is 27.2 Å².